The molecule has 0 aromatic heterocycles. The van der Waals surface area contributed by atoms with Crippen molar-refractivity contribution >= 4 is 22.0 Å². The molecule has 130 valence electrons. The van der Waals surface area contributed by atoms with E-state index in [0.717, 1.165) is 11.0 Å². The van der Waals surface area contributed by atoms with Gasteiger partial charge in [0.2, 0.25) is 0 Å². The number of nitrogens with one attached hydrogen (secondary N) is 1. The predicted octanol–water partition coefficient (Wildman–Crippen LogP) is 3.42. The molecule has 0 aliphatic heterocycles. The third-order valence-corrected chi connectivity index (χ3v) is 3.82. The van der Waals surface area contributed by atoms with E-state index in [2.05, 4.69) is 27.3 Å². The highest BCUT2D eigenvalue weighted by Gasteiger charge is 2.21. The van der Waals surface area contributed by atoms with Crippen molar-refractivity contribution in [1.29, 1.82) is 0 Å². The first-order valence-corrected chi connectivity index (χ1v) is 8.54. The number of ether oxygens (including phenoxy) is 2. The van der Waals surface area contributed by atoms with E-state index >= 15 is 0 Å². The van der Waals surface area contributed by atoms with Crippen LogP contribution in [0.5, 0.6) is 0 Å². The summed E-state index contributed by atoms with van der Waals surface area (Å²) in [5.41, 5.74) is 0.693. The number of carbonyl (C=O) groups is 1. The Morgan fingerprint density at radius 2 is 1.96 bits per heavy atom. The Hall–Kier alpha value is -1.11. The molecule has 5 nitrogen and oxygen atoms in total. The quantitative estimate of drug-likeness (QED) is 0.695. The topological polar surface area (TPSA) is 50.8 Å². The van der Waals surface area contributed by atoms with Crippen LogP contribution in [0.1, 0.15) is 26.3 Å². The lowest BCUT2D eigenvalue weighted by atomic mass is 10.2. The molecule has 0 unspecified atom stereocenters. The van der Waals surface area contributed by atoms with E-state index in [1.165, 1.54) is 5.56 Å². The normalized spacial score (nSPS) is 11.3. The van der Waals surface area contributed by atoms with Gasteiger partial charge in [-0.1, -0.05) is 34.1 Å². The van der Waals surface area contributed by atoms with Gasteiger partial charge in [-0.2, -0.15) is 0 Å². The molecule has 6 heteroatoms. The maximum absolute atomic E-state index is 12.2. The Morgan fingerprint density at radius 1 is 1.26 bits per heavy atom. The van der Waals surface area contributed by atoms with Gasteiger partial charge in [0.05, 0.1) is 6.61 Å². The van der Waals surface area contributed by atoms with E-state index < -0.39 is 5.60 Å². The minimum atomic E-state index is -0.495. The third kappa shape index (κ3) is 8.34. The van der Waals surface area contributed by atoms with Gasteiger partial charge in [0.15, 0.2) is 0 Å². The van der Waals surface area contributed by atoms with Crippen LogP contribution in [0.4, 0.5) is 4.79 Å². The van der Waals surface area contributed by atoms with Crippen molar-refractivity contribution in [2.75, 3.05) is 33.4 Å². The van der Waals surface area contributed by atoms with Crippen molar-refractivity contribution in [3.63, 3.8) is 0 Å². The Morgan fingerprint density at radius 3 is 2.57 bits per heavy atom. The molecule has 0 aliphatic carbocycles. The van der Waals surface area contributed by atoms with Gasteiger partial charge in [-0.15, -0.1) is 0 Å². The first-order valence-electron chi connectivity index (χ1n) is 7.74. The second kappa shape index (κ2) is 9.90. The third-order valence-electron chi connectivity index (χ3n) is 3.05. The van der Waals surface area contributed by atoms with E-state index in [1.54, 1.807) is 12.0 Å². The minimum absolute atomic E-state index is 0.308. The molecule has 0 saturated carbocycles. The molecule has 1 amide bonds. The first-order chi connectivity index (χ1) is 10.8. The number of nitrogens with zero attached hydrogens (tertiary/aromatic N) is 1. The van der Waals surface area contributed by atoms with Crippen LogP contribution in [-0.4, -0.2) is 49.9 Å². The fraction of sp³-hybridized carbons (Fsp3) is 0.588. The fourth-order valence-corrected chi connectivity index (χ4v) is 2.33. The second-order valence-corrected chi connectivity index (χ2v) is 7.08. The molecule has 0 fully saturated rings. The number of methoxy groups -OCH3 is 1. The van der Waals surface area contributed by atoms with Crippen molar-refractivity contribution in [2.45, 2.75) is 32.9 Å². The smallest absolute Gasteiger partial charge is 0.410 e. The van der Waals surface area contributed by atoms with Crippen molar-refractivity contribution in [2.24, 2.45) is 0 Å². The summed E-state index contributed by atoms with van der Waals surface area (Å²) in [5, 5.41) is 3.35. The first kappa shape index (κ1) is 19.9. The van der Waals surface area contributed by atoms with Gasteiger partial charge in [0, 0.05) is 37.8 Å². The average molecular weight is 387 g/mol. The Labute approximate surface area is 147 Å². The predicted molar refractivity (Wildman–Crippen MR) is 95.5 cm³/mol. The molecule has 1 aromatic carbocycles. The number of halogens is 1. The molecule has 0 heterocycles. The summed E-state index contributed by atoms with van der Waals surface area (Å²) in [4.78, 5) is 13.9. The number of hydrogen-bond donors (Lipinski definition) is 1. The highest BCUT2D eigenvalue weighted by atomic mass is 79.9. The summed E-state index contributed by atoms with van der Waals surface area (Å²) in [6.07, 6.45) is -0.308. The van der Waals surface area contributed by atoms with Crippen LogP contribution in [0.2, 0.25) is 0 Å². The van der Waals surface area contributed by atoms with Crippen LogP contribution in [0.3, 0.4) is 0 Å². The monoisotopic (exact) mass is 386 g/mol. The lowest BCUT2D eigenvalue weighted by Crippen LogP contribution is -2.42. The van der Waals surface area contributed by atoms with Crippen LogP contribution < -0.4 is 5.32 Å². The SMILES string of the molecule is COCCN(CCNCc1ccccc1Br)C(=O)OC(C)(C)C. The zero-order chi connectivity index (χ0) is 17.3. The van der Waals surface area contributed by atoms with Crippen LogP contribution in [0.15, 0.2) is 28.7 Å². The standard InChI is InChI=1S/C17H27BrN2O3/c1-17(2,3)23-16(21)20(11-12-22-4)10-9-19-13-14-7-5-6-8-15(14)18/h5-8,19H,9-13H2,1-4H3. The van der Waals surface area contributed by atoms with Gasteiger partial charge in [0.1, 0.15) is 5.60 Å². The summed E-state index contributed by atoms with van der Waals surface area (Å²) in [5.74, 6) is 0. The maximum atomic E-state index is 12.2. The van der Waals surface area contributed by atoms with E-state index in [1.807, 2.05) is 39.0 Å². The average Bonchev–Trinajstić information content (AvgIpc) is 2.46. The molecular formula is C17H27BrN2O3. The zero-order valence-corrected chi connectivity index (χ0v) is 16.0. The van der Waals surface area contributed by atoms with Crippen LogP contribution in [0, 0.1) is 0 Å². The van der Waals surface area contributed by atoms with E-state index in [0.29, 0.717) is 26.2 Å². The lowest BCUT2D eigenvalue weighted by molar-refractivity contribution is 0.0204. The molecule has 0 spiro atoms. The number of benzene rings is 1. The molecule has 0 radical (unpaired) electrons. The molecule has 1 N–H and O–H groups in total. The Balaban J connectivity index is 2.44. The summed E-state index contributed by atoms with van der Waals surface area (Å²) in [6, 6.07) is 8.08. The number of carbonyl (C=O) groups excluding carboxylic acids is 1. The number of amides is 1. The van der Waals surface area contributed by atoms with Gasteiger partial charge in [-0.05, 0) is 32.4 Å². The van der Waals surface area contributed by atoms with Crippen molar-refractivity contribution in [1.82, 2.24) is 10.2 Å². The van der Waals surface area contributed by atoms with Crippen molar-refractivity contribution < 1.29 is 14.3 Å². The molecule has 0 aliphatic rings. The fourth-order valence-electron chi connectivity index (χ4n) is 1.90. The van der Waals surface area contributed by atoms with Gasteiger partial charge in [-0.3, -0.25) is 0 Å². The van der Waals surface area contributed by atoms with Gasteiger partial charge < -0.3 is 19.7 Å². The molecule has 0 saturated heterocycles. The van der Waals surface area contributed by atoms with Crippen LogP contribution >= 0.6 is 15.9 Å². The molecule has 23 heavy (non-hydrogen) atoms. The zero-order valence-electron chi connectivity index (χ0n) is 14.4. The van der Waals surface area contributed by atoms with Gasteiger partial charge >= 0.3 is 6.09 Å². The summed E-state index contributed by atoms with van der Waals surface area (Å²) < 4.78 is 11.6. The van der Waals surface area contributed by atoms with Crippen LogP contribution in [0.25, 0.3) is 0 Å². The largest absolute Gasteiger partial charge is 0.444 e. The van der Waals surface area contributed by atoms with E-state index in [9.17, 15) is 4.79 Å². The second-order valence-electron chi connectivity index (χ2n) is 6.23. The summed E-state index contributed by atoms with van der Waals surface area (Å²) >= 11 is 3.53. The number of hydrogen-bond acceptors (Lipinski definition) is 4. The van der Waals surface area contributed by atoms with Gasteiger partial charge in [-0.25, -0.2) is 4.79 Å². The molecular weight excluding hydrogens is 360 g/mol. The Kier molecular flexibility index (Phi) is 8.58. The van der Waals surface area contributed by atoms with Crippen molar-refractivity contribution in [3.05, 3.63) is 34.3 Å². The van der Waals surface area contributed by atoms with E-state index in [4.69, 9.17) is 9.47 Å². The lowest BCUT2D eigenvalue weighted by Gasteiger charge is -2.27. The maximum Gasteiger partial charge on any atom is 0.410 e. The van der Waals surface area contributed by atoms with Crippen molar-refractivity contribution in [3.8, 4) is 0 Å². The minimum Gasteiger partial charge on any atom is -0.444 e. The molecule has 1 rings (SSSR count). The molecule has 1 aromatic rings. The highest BCUT2D eigenvalue weighted by molar-refractivity contribution is 9.10. The highest BCUT2D eigenvalue weighted by Crippen LogP contribution is 2.15. The summed E-state index contributed by atoms with van der Waals surface area (Å²) in [6.45, 7) is 8.60. The summed E-state index contributed by atoms with van der Waals surface area (Å²) in [7, 11) is 1.62. The van der Waals surface area contributed by atoms with Gasteiger partial charge in [0.25, 0.3) is 0 Å². The van der Waals surface area contributed by atoms with E-state index in [-0.39, 0.29) is 6.09 Å². The Bertz CT molecular complexity index is 489. The molecule has 0 atom stereocenters. The molecule has 0 bridgehead atoms. The van der Waals surface area contributed by atoms with Crippen LogP contribution in [-0.2, 0) is 16.0 Å². The number of rotatable bonds is 8.